The van der Waals surface area contributed by atoms with Gasteiger partial charge in [-0.15, -0.1) is 0 Å². The lowest BCUT2D eigenvalue weighted by Crippen LogP contribution is -2.17. The van der Waals surface area contributed by atoms with Crippen molar-refractivity contribution in [2.75, 3.05) is 4.90 Å². The van der Waals surface area contributed by atoms with E-state index < -0.39 is 0 Å². The quantitative estimate of drug-likeness (QED) is 0.175. The van der Waals surface area contributed by atoms with E-state index in [1.807, 2.05) is 6.07 Å². The average Bonchev–Trinajstić information content (AvgIpc) is 3.90. The molecular weight excluding hydrogens is 705 g/mol. The van der Waals surface area contributed by atoms with Gasteiger partial charge in [0.25, 0.3) is 0 Å². The van der Waals surface area contributed by atoms with E-state index in [4.69, 9.17) is 4.42 Å². The summed E-state index contributed by atoms with van der Waals surface area (Å²) in [5.41, 5.74) is 16.0. The first kappa shape index (κ1) is 32.8. The predicted octanol–water partition coefficient (Wildman–Crippen LogP) is 15.3. The fourth-order valence-electron chi connectivity index (χ4n) is 9.80. The highest BCUT2D eigenvalue weighted by Gasteiger charge is 2.37. The molecule has 0 unspecified atom stereocenters. The van der Waals surface area contributed by atoms with Gasteiger partial charge in [0.2, 0.25) is 0 Å². The van der Waals surface area contributed by atoms with E-state index in [-0.39, 0.29) is 5.41 Å². The fourth-order valence-corrected chi connectivity index (χ4v) is 9.80. The Bertz CT molecular complexity index is 3380. The Morgan fingerprint density at radius 3 is 1.81 bits per heavy atom. The molecule has 9 aromatic carbocycles. The number of hydrogen-bond donors (Lipinski definition) is 0. The first-order chi connectivity index (χ1) is 28.5. The molecule has 0 fully saturated rings. The van der Waals surface area contributed by atoms with E-state index in [0.717, 1.165) is 39.0 Å². The zero-order valence-corrected chi connectivity index (χ0v) is 32.3. The van der Waals surface area contributed by atoms with Crippen molar-refractivity contribution in [1.29, 1.82) is 0 Å². The molecule has 2 aromatic heterocycles. The largest absolute Gasteiger partial charge is 0.454 e. The van der Waals surface area contributed by atoms with Crippen LogP contribution in [0.4, 0.5) is 17.1 Å². The molecule has 0 atom stereocenters. The number of hydrogen-bond acceptors (Lipinski definition) is 2. The van der Waals surface area contributed by atoms with Crippen LogP contribution in [0.15, 0.2) is 199 Å². The van der Waals surface area contributed by atoms with E-state index in [2.05, 4.69) is 211 Å². The number of furan rings is 1. The van der Waals surface area contributed by atoms with Gasteiger partial charge in [-0.3, -0.25) is 0 Å². The van der Waals surface area contributed by atoms with Crippen LogP contribution in [0.3, 0.4) is 0 Å². The number of fused-ring (bicyclic) bond motifs is 10. The van der Waals surface area contributed by atoms with Gasteiger partial charge in [0.15, 0.2) is 5.58 Å². The second-order valence-electron chi connectivity index (χ2n) is 16.1. The van der Waals surface area contributed by atoms with Crippen LogP contribution >= 0.6 is 0 Å². The number of para-hydroxylation sites is 4. The van der Waals surface area contributed by atoms with Gasteiger partial charge in [-0.1, -0.05) is 147 Å². The van der Waals surface area contributed by atoms with E-state index >= 15 is 0 Å². The molecule has 0 amide bonds. The molecule has 3 heteroatoms. The third kappa shape index (κ3) is 4.74. The lowest BCUT2D eigenvalue weighted by molar-refractivity contribution is 0.660. The monoisotopic (exact) mass is 742 g/mol. The highest BCUT2D eigenvalue weighted by atomic mass is 16.3. The molecule has 2 heterocycles. The van der Waals surface area contributed by atoms with Gasteiger partial charge in [-0.2, -0.15) is 0 Å². The van der Waals surface area contributed by atoms with Gasteiger partial charge in [0, 0.05) is 44.0 Å². The van der Waals surface area contributed by atoms with Crippen LogP contribution in [0.5, 0.6) is 0 Å². The van der Waals surface area contributed by atoms with Crippen molar-refractivity contribution in [1.82, 2.24) is 4.57 Å². The summed E-state index contributed by atoms with van der Waals surface area (Å²) in [7, 11) is 0. The lowest BCUT2D eigenvalue weighted by atomic mass is 9.82. The van der Waals surface area contributed by atoms with Crippen LogP contribution < -0.4 is 4.90 Å². The third-order valence-electron chi connectivity index (χ3n) is 12.6. The SMILES string of the molecule is CC1(C)c2cc(N(c3ccc(-c4cccc5ccccc45)cc3)c3cccc4c3oc3ccccc34)ccc2-c2ccc(-n3c4ccccc4c4ccccc43)cc21. The van der Waals surface area contributed by atoms with Gasteiger partial charge >= 0.3 is 0 Å². The van der Waals surface area contributed by atoms with E-state index in [1.165, 1.54) is 71.6 Å². The summed E-state index contributed by atoms with van der Waals surface area (Å²) in [5, 5.41) is 7.27. The first-order valence-corrected chi connectivity index (χ1v) is 20.1. The Morgan fingerprint density at radius 1 is 0.448 bits per heavy atom. The minimum Gasteiger partial charge on any atom is -0.454 e. The minimum absolute atomic E-state index is 0.245. The molecule has 0 saturated carbocycles. The van der Waals surface area contributed by atoms with Crippen LogP contribution in [0.25, 0.3) is 82.5 Å². The van der Waals surface area contributed by atoms with Crippen molar-refractivity contribution in [3.8, 4) is 27.9 Å². The van der Waals surface area contributed by atoms with Crippen molar-refractivity contribution in [2.24, 2.45) is 0 Å². The van der Waals surface area contributed by atoms with Gasteiger partial charge in [-0.25, -0.2) is 0 Å². The zero-order valence-electron chi connectivity index (χ0n) is 32.3. The Morgan fingerprint density at radius 2 is 1.03 bits per heavy atom. The van der Waals surface area contributed by atoms with Crippen molar-refractivity contribution < 1.29 is 4.42 Å². The molecule has 0 spiro atoms. The first-order valence-electron chi connectivity index (χ1n) is 20.1. The van der Waals surface area contributed by atoms with E-state index in [1.54, 1.807) is 0 Å². The summed E-state index contributed by atoms with van der Waals surface area (Å²) < 4.78 is 9.12. The van der Waals surface area contributed by atoms with Crippen LogP contribution in [0.1, 0.15) is 25.0 Å². The van der Waals surface area contributed by atoms with Gasteiger partial charge < -0.3 is 13.9 Å². The maximum Gasteiger partial charge on any atom is 0.159 e. The summed E-state index contributed by atoms with van der Waals surface area (Å²) in [5.74, 6) is 0. The molecule has 1 aliphatic carbocycles. The summed E-state index contributed by atoms with van der Waals surface area (Å²) in [6, 6.07) is 70.6. The number of nitrogens with zero attached hydrogens (tertiary/aromatic N) is 2. The molecule has 0 bridgehead atoms. The summed E-state index contributed by atoms with van der Waals surface area (Å²) in [6.07, 6.45) is 0. The maximum atomic E-state index is 6.70. The molecule has 0 N–H and O–H groups in total. The molecule has 1 aliphatic rings. The van der Waals surface area contributed by atoms with Crippen molar-refractivity contribution in [3.63, 3.8) is 0 Å². The van der Waals surface area contributed by atoms with Gasteiger partial charge in [0.1, 0.15) is 5.58 Å². The van der Waals surface area contributed by atoms with Crippen LogP contribution in [0.2, 0.25) is 0 Å². The number of benzene rings is 9. The number of anilines is 3. The molecule has 274 valence electrons. The van der Waals surface area contributed by atoms with Crippen molar-refractivity contribution >= 4 is 71.6 Å². The summed E-state index contributed by atoms with van der Waals surface area (Å²) in [6.45, 7) is 4.75. The van der Waals surface area contributed by atoms with Crippen LogP contribution in [0, 0.1) is 0 Å². The zero-order chi connectivity index (χ0) is 38.5. The Labute approximate surface area is 336 Å². The molecule has 3 nitrogen and oxygen atoms in total. The Hall–Kier alpha value is -7.36. The van der Waals surface area contributed by atoms with Gasteiger partial charge in [0.05, 0.1) is 16.7 Å². The molecule has 12 rings (SSSR count). The Kier molecular flexibility index (Phi) is 6.98. The van der Waals surface area contributed by atoms with Gasteiger partial charge in [-0.05, 0) is 105 Å². The van der Waals surface area contributed by atoms with E-state index in [9.17, 15) is 0 Å². The van der Waals surface area contributed by atoms with Crippen molar-refractivity contribution in [2.45, 2.75) is 19.3 Å². The second kappa shape index (κ2) is 12.3. The molecule has 0 saturated heterocycles. The summed E-state index contributed by atoms with van der Waals surface area (Å²) in [4.78, 5) is 2.38. The molecule has 58 heavy (non-hydrogen) atoms. The lowest BCUT2D eigenvalue weighted by Gasteiger charge is -2.28. The smallest absolute Gasteiger partial charge is 0.159 e. The van der Waals surface area contributed by atoms with Crippen molar-refractivity contribution in [3.05, 3.63) is 205 Å². The van der Waals surface area contributed by atoms with Crippen LogP contribution in [-0.4, -0.2) is 4.57 Å². The minimum atomic E-state index is -0.245. The second-order valence-corrected chi connectivity index (χ2v) is 16.1. The molecule has 0 radical (unpaired) electrons. The normalized spacial score (nSPS) is 13.1. The fraction of sp³-hybridized carbons (Fsp3) is 0.0545. The predicted molar refractivity (Wildman–Crippen MR) is 243 cm³/mol. The molecule has 0 aliphatic heterocycles. The molecular formula is C55H38N2O. The highest BCUT2D eigenvalue weighted by molar-refractivity contribution is 6.11. The number of aromatic nitrogens is 1. The third-order valence-corrected chi connectivity index (χ3v) is 12.6. The maximum absolute atomic E-state index is 6.70. The summed E-state index contributed by atoms with van der Waals surface area (Å²) >= 11 is 0. The topological polar surface area (TPSA) is 21.3 Å². The van der Waals surface area contributed by atoms with Crippen LogP contribution in [-0.2, 0) is 5.41 Å². The standard InChI is InChI=1S/C55H38N2O/c1-55(2)48-33-38(29-31-42(48)43-32-30-39(34-49(43)55)57-50-21-8-5-16-44(50)45-17-6-9-22-51(45)57)56(52-23-12-20-47-46-18-7-10-24-53(46)58-54(47)52)37-27-25-36(26-28-37)41-19-11-14-35-13-3-4-15-40(35)41/h3-34H,1-2H3. The van der Waals surface area contributed by atoms with E-state index in [0.29, 0.717) is 0 Å². The number of rotatable bonds is 5. The average molecular weight is 743 g/mol. The Balaban J connectivity index is 1.02. The highest BCUT2D eigenvalue weighted by Crippen LogP contribution is 2.52. The molecule has 11 aromatic rings.